The number of halogens is 1. The molecule has 0 spiro atoms. The van der Waals surface area contributed by atoms with Crippen molar-refractivity contribution in [3.05, 3.63) is 17.4 Å². The van der Waals surface area contributed by atoms with Crippen LogP contribution in [-0.2, 0) is 6.54 Å². The number of piperidine rings is 1. The molecule has 5 heteroatoms. The van der Waals surface area contributed by atoms with Crippen LogP contribution < -0.4 is 5.73 Å². The molecule has 1 aliphatic heterocycles. The topological polar surface area (TPSA) is 47.1 Å². The van der Waals surface area contributed by atoms with Gasteiger partial charge in [0.25, 0.3) is 0 Å². The predicted molar refractivity (Wildman–Crippen MR) is 67.9 cm³/mol. The van der Waals surface area contributed by atoms with Crippen LogP contribution in [0.2, 0.25) is 5.02 Å². The van der Waals surface area contributed by atoms with Crippen molar-refractivity contribution in [3.63, 3.8) is 0 Å². The van der Waals surface area contributed by atoms with Gasteiger partial charge in [-0.25, -0.2) is 0 Å². The Bertz CT molecular complexity index is 378. The second-order valence-corrected chi connectivity index (χ2v) is 5.79. The van der Waals surface area contributed by atoms with Gasteiger partial charge in [0.1, 0.15) is 0 Å². The van der Waals surface area contributed by atoms with Gasteiger partial charge in [-0.1, -0.05) is 11.6 Å². The molecule has 2 fully saturated rings. The zero-order chi connectivity index (χ0) is 11.8. The van der Waals surface area contributed by atoms with Crippen LogP contribution in [0.5, 0.6) is 0 Å². The lowest BCUT2D eigenvalue weighted by atomic mass is 9.93. The van der Waals surface area contributed by atoms with Crippen molar-refractivity contribution in [2.24, 2.45) is 17.6 Å². The minimum atomic E-state index is 0.449. The smallest absolute Gasteiger partial charge is 0.0785 e. The largest absolute Gasteiger partial charge is 0.327 e. The fourth-order valence-corrected chi connectivity index (χ4v) is 3.41. The van der Waals surface area contributed by atoms with Crippen LogP contribution in [0.3, 0.4) is 0 Å². The SMILES string of the molecule is NC1[C@@H]2CC[C@H]1CN(CCn1cc(Cl)cn1)C2. The molecular weight excluding hydrogens is 236 g/mol. The Kier molecular flexibility index (Phi) is 3.11. The second-order valence-electron chi connectivity index (χ2n) is 5.36. The third-order valence-electron chi connectivity index (χ3n) is 4.23. The Morgan fingerprint density at radius 3 is 2.59 bits per heavy atom. The van der Waals surface area contributed by atoms with Gasteiger partial charge in [0.05, 0.1) is 17.8 Å². The summed E-state index contributed by atoms with van der Waals surface area (Å²) in [5, 5.41) is 4.92. The number of fused-ring (bicyclic) bond motifs is 2. The molecule has 1 aliphatic carbocycles. The van der Waals surface area contributed by atoms with Gasteiger partial charge in [0, 0.05) is 31.9 Å². The summed E-state index contributed by atoms with van der Waals surface area (Å²) in [4.78, 5) is 2.53. The highest BCUT2D eigenvalue weighted by atomic mass is 35.5. The van der Waals surface area contributed by atoms with Gasteiger partial charge in [-0.05, 0) is 24.7 Å². The Labute approximate surface area is 107 Å². The Hall–Kier alpha value is -0.580. The van der Waals surface area contributed by atoms with Crippen molar-refractivity contribution in [1.82, 2.24) is 14.7 Å². The van der Waals surface area contributed by atoms with E-state index in [9.17, 15) is 0 Å². The molecule has 1 aromatic rings. The molecule has 0 radical (unpaired) electrons. The third-order valence-corrected chi connectivity index (χ3v) is 4.42. The maximum atomic E-state index is 6.20. The first-order valence-corrected chi connectivity index (χ1v) is 6.76. The molecule has 1 unspecified atom stereocenters. The van der Waals surface area contributed by atoms with Gasteiger partial charge >= 0.3 is 0 Å². The predicted octanol–water partition coefficient (Wildman–Crippen LogP) is 1.21. The van der Waals surface area contributed by atoms with Crippen LogP contribution in [0, 0.1) is 11.8 Å². The Balaban J connectivity index is 1.54. The highest BCUT2D eigenvalue weighted by Crippen LogP contribution is 2.35. The molecule has 2 aliphatic rings. The molecule has 3 atom stereocenters. The van der Waals surface area contributed by atoms with E-state index in [4.69, 9.17) is 17.3 Å². The van der Waals surface area contributed by atoms with Crippen LogP contribution in [0.1, 0.15) is 12.8 Å². The quantitative estimate of drug-likeness (QED) is 0.882. The molecular formula is C12H19ClN4. The zero-order valence-electron chi connectivity index (χ0n) is 9.93. The van der Waals surface area contributed by atoms with E-state index >= 15 is 0 Å². The fourth-order valence-electron chi connectivity index (χ4n) is 3.25. The van der Waals surface area contributed by atoms with Gasteiger partial charge in [-0.3, -0.25) is 4.68 Å². The van der Waals surface area contributed by atoms with Crippen LogP contribution in [0.4, 0.5) is 0 Å². The van der Waals surface area contributed by atoms with E-state index in [1.807, 2.05) is 10.9 Å². The summed E-state index contributed by atoms with van der Waals surface area (Å²) in [6, 6.07) is 0.449. The standard InChI is InChI=1S/C12H19ClN4/c13-11-5-15-17(8-11)4-3-16-6-9-1-2-10(7-16)12(9)14/h5,8-10,12H,1-4,6-7,14H2/t9-,10+,12?. The molecule has 2 N–H and O–H groups in total. The van der Waals surface area contributed by atoms with Crippen LogP contribution in [0.15, 0.2) is 12.4 Å². The van der Waals surface area contributed by atoms with Crippen molar-refractivity contribution in [1.29, 1.82) is 0 Å². The lowest BCUT2D eigenvalue weighted by Crippen LogP contribution is -2.49. The summed E-state index contributed by atoms with van der Waals surface area (Å²) in [7, 11) is 0. The molecule has 94 valence electrons. The first kappa shape index (κ1) is 11.5. The third kappa shape index (κ3) is 2.34. The monoisotopic (exact) mass is 254 g/mol. The van der Waals surface area contributed by atoms with E-state index in [2.05, 4.69) is 10.00 Å². The number of nitrogens with zero attached hydrogens (tertiary/aromatic N) is 3. The molecule has 2 bridgehead atoms. The van der Waals surface area contributed by atoms with Gasteiger partial charge < -0.3 is 10.6 Å². The average Bonchev–Trinajstić information content (AvgIpc) is 2.78. The summed E-state index contributed by atoms with van der Waals surface area (Å²) in [5.41, 5.74) is 6.20. The highest BCUT2D eigenvalue weighted by Gasteiger charge is 2.39. The molecule has 2 heterocycles. The van der Waals surface area contributed by atoms with Crippen molar-refractivity contribution < 1.29 is 0 Å². The lowest BCUT2D eigenvalue weighted by Gasteiger charge is -2.36. The van der Waals surface area contributed by atoms with Crippen molar-refractivity contribution in [2.45, 2.75) is 25.4 Å². The summed E-state index contributed by atoms with van der Waals surface area (Å²) in [6.45, 7) is 4.29. The molecule has 3 rings (SSSR count). The summed E-state index contributed by atoms with van der Waals surface area (Å²) in [5.74, 6) is 1.44. The van der Waals surface area contributed by atoms with E-state index in [0.717, 1.165) is 38.0 Å². The maximum Gasteiger partial charge on any atom is 0.0785 e. The number of hydrogen-bond donors (Lipinski definition) is 1. The van der Waals surface area contributed by atoms with Gasteiger partial charge in [0.2, 0.25) is 0 Å². The lowest BCUT2D eigenvalue weighted by molar-refractivity contribution is 0.141. The molecule has 17 heavy (non-hydrogen) atoms. The van der Waals surface area contributed by atoms with E-state index in [-0.39, 0.29) is 0 Å². The number of rotatable bonds is 3. The van der Waals surface area contributed by atoms with Crippen molar-refractivity contribution in [3.8, 4) is 0 Å². The molecule has 1 saturated carbocycles. The summed E-state index contributed by atoms with van der Waals surface area (Å²) >= 11 is 5.84. The first-order valence-electron chi connectivity index (χ1n) is 6.38. The minimum absolute atomic E-state index is 0.449. The zero-order valence-corrected chi connectivity index (χ0v) is 10.7. The number of hydrogen-bond acceptors (Lipinski definition) is 3. The Morgan fingerprint density at radius 2 is 2.00 bits per heavy atom. The van der Waals surface area contributed by atoms with Crippen molar-refractivity contribution >= 4 is 11.6 Å². The summed E-state index contributed by atoms with van der Waals surface area (Å²) < 4.78 is 1.92. The van der Waals surface area contributed by atoms with E-state index in [1.54, 1.807) is 6.20 Å². The second kappa shape index (κ2) is 4.59. The molecule has 4 nitrogen and oxygen atoms in total. The number of likely N-dealkylation sites (tertiary alicyclic amines) is 1. The molecule has 0 amide bonds. The van der Waals surface area contributed by atoms with Crippen LogP contribution >= 0.6 is 11.6 Å². The van der Waals surface area contributed by atoms with Gasteiger partial charge in [-0.15, -0.1) is 0 Å². The molecule has 1 aromatic heterocycles. The average molecular weight is 255 g/mol. The van der Waals surface area contributed by atoms with E-state index in [1.165, 1.54) is 12.8 Å². The number of aromatic nitrogens is 2. The molecule has 0 aromatic carbocycles. The summed E-state index contributed by atoms with van der Waals surface area (Å²) in [6.07, 6.45) is 6.20. The maximum absolute atomic E-state index is 6.20. The normalized spacial score (nSPS) is 33.2. The van der Waals surface area contributed by atoms with Crippen LogP contribution in [0.25, 0.3) is 0 Å². The van der Waals surface area contributed by atoms with Crippen molar-refractivity contribution in [2.75, 3.05) is 19.6 Å². The minimum Gasteiger partial charge on any atom is -0.327 e. The van der Waals surface area contributed by atoms with E-state index < -0.39 is 0 Å². The van der Waals surface area contributed by atoms with Gasteiger partial charge in [0.15, 0.2) is 0 Å². The fraction of sp³-hybridized carbons (Fsp3) is 0.750. The highest BCUT2D eigenvalue weighted by molar-refractivity contribution is 6.30. The van der Waals surface area contributed by atoms with Gasteiger partial charge in [-0.2, -0.15) is 5.10 Å². The Morgan fingerprint density at radius 1 is 1.29 bits per heavy atom. The van der Waals surface area contributed by atoms with E-state index in [0.29, 0.717) is 11.1 Å². The van der Waals surface area contributed by atoms with Crippen LogP contribution in [-0.4, -0.2) is 40.4 Å². The molecule has 1 saturated heterocycles. The number of nitrogens with two attached hydrogens (primary N) is 1. The first-order chi connectivity index (χ1) is 8.22.